The molecule has 0 radical (unpaired) electrons. The Bertz CT molecular complexity index is 1040. The van der Waals surface area contributed by atoms with Gasteiger partial charge >= 0.3 is 0 Å². The molecule has 26 heavy (non-hydrogen) atoms. The summed E-state index contributed by atoms with van der Waals surface area (Å²) in [5.74, 6) is 1.39. The average molecular weight is 382 g/mol. The lowest BCUT2D eigenvalue weighted by atomic mass is 10.0. The van der Waals surface area contributed by atoms with E-state index >= 15 is 0 Å². The topological polar surface area (TPSA) is 49.0 Å². The van der Waals surface area contributed by atoms with Crippen LogP contribution in [-0.2, 0) is 18.7 Å². The van der Waals surface area contributed by atoms with Crippen LogP contribution in [-0.4, -0.2) is 25.7 Å². The summed E-state index contributed by atoms with van der Waals surface area (Å²) in [4.78, 5) is 21.5. The molecule has 0 amide bonds. The molecule has 132 valence electrons. The highest BCUT2D eigenvalue weighted by Gasteiger charge is 2.18. The van der Waals surface area contributed by atoms with E-state index in [9.17, 15) is 4.79 Å². The van der Waals surface area contributed by atoms with Crippen LogP contribution in [0.25, 0.3) is 10.9 Å². The van der Waals surface area contributed by atoms with Crippen molar-refractivity contribution in [1.82, 2.24) is 14.9 Å². The van der Waals surface area contributed by atoms with E-state index in [0.29, 0.717) is 11.2 Å². The van der Waals surface area contributed by atoms with Crippen LogP contribution >= 0.6 is 24.0 Å². The highest BCUT2D eigenvalue weighted by molar-refractivity contribution is 8.22. The lowest BCUT2D eigenvalue weighted by Crippen LogP contribution is -2.33. The third-order valence-electron chi connectivity index (χ3n) is 4.64. The standard InChI is InChI=1S/C20H19N3OS2/c1-13-21-18-7-6-14(10-17(18)19(24)22-13)12-26-20(25)23-9-8-15-4-2-3-5-16(15)11-23/h2-7,10H,8-9,11-12H2,1H3,(H,21,22,24). The van der Waals surface area contributed by atoms with Crippen molar-refractivity contribution in [2.45, 2.75) is 25.6 Å². The molecule has 4 rings (SSSR count). The number of rotatable bonds is 2. The summed E-state index contributed by atoms with van der Waals surface area (Å²) in [6.45, 7) is 3.63. The molecule has 3 aromatic rings. The second-order valence-corrected chi connectivity index (χ2v) is 8.11. The number of benzene rings is 2. The summed E-state index contributed by atoms with van der Waals surface area (Å²) >= 11 is 7.30. The predicted molar refractivity (Wildman–Crippen MR) is 112 cm³/mol. The molecule has 1 aliphatic rings. The predicted octanol–water partition coefficient (Wildman–Crippen LogP) is 3.81. The van der Waals surface area contributed by atoms with E-state index in [1.807, 2.05) is 18.2 Å². The molecule has 1 aliphatic heterocycles. The van der Waals surface area contributed by atoms with Crippen molar-refractivity contribution < 1.29 is 0 Å². The highest BCUT2D eigenvalue weighted by Crippen LogP contribution is 2.24. The second kappa shape index (κ2) is 7.21. The molecule has 0 saturated heterocycles. The van der Waals surface area contributed by atoms with Crippen molar-refractivity contribution in [3.05, 3.63) is 75.3 Å². The van der Waals surface area contributed by atoms with Crippen molar-refractivity contribution in [3.8, 4) is 0 Å². The van der Waals surface area contributed by atoms with Crippen molar-refractivity contribution in [2.75, 3.05) is 6.54 Å². The maximum absolute atomic E-state index is 12.1. The first-order valence-electron chi connectivity index (χ1n) is 8.58. The molecule has 0 atom stereocenters. The van der Waals surface area contributed by atoms with E-state index in [1.54, 1.807) is 18.7 Å². The summed E-state index contributed by atoms with van der Waals surface area (Å²) in [6, 6.07) is 14.4. The van der Waals surface area contributed by atoms with Crippen molar-refractivity contribution in [2.24, 2.45) is 0 Å². The molecule has 2 heterocycles. The first kappa shape index (κ1) is 17.2. The fourth-order valence-corrected chi connectivity index (χ4v) is 4.42. The van der Waals surface area contributed by atoms with E-state index in [4.69, 9.17) is 12.2 Å². The Labute approximate surface area is 161 Å². The number of hydrogen-bond acceptors (Lipinski definition) is 4. The molecule has 1 N–H and O–H groups in total. The maximum atomic E-state index is 12.1. The quantitative estimate of drug-likeness (QED) is 0.684. The largest absolute Gasteiger partial charge is 0.353 e. The molecule has 0 aliphatic carbocycles. The van der Waals surface area contributed by atoms with Gasteiger partial charge in [0.15, 0.2) is 0 Å². The van der Waals surface area contributed by atoms with Crippen LogP contribution in [0.15, 0.2) is 47.3 Å². The summed E-state index contributed by atoms with van der Waals surface area (Å²) in [5, 5.41) is 0.631. The number of aryl methyl sites for hydroxylation is 1. The fraction of sp³-hybridized carbons (Fsp3) is 0.250. The SMILES string of the molecule is Cc1nc2ccc(CSC(=S)N3CCc4ccccc4C3)cc2c(=O)[nH]1. The minimum atomic E-state index is -0.0884. The number of nitrogens with zero attached hydrogens (tertiary/aromatic N) is 2. The van der Waals surface area contributed by atoms with Crippen LogP contribution in [0.2, 0.25) is 0 Å². The molecule has 0 spiro atoms. The van der Waals surface area contributed by atoms with Crippen molar-refractivity contribution in [1.29, 1.82) is 0 Å². The molecule has 1 aromatic heterocycles. The summed E-state index contributed by atoms with van der Waals surface area (Å²) in [7, 11) is 0. The summed E-state index contributed by atoms with van der Waals surface area (Å²) < 4.78 is 0.913. The Morgan fingerprint density at radius 1 is 1.27 bits per heavy atom. The number of aromatic amines is 1. The van der Waals surface area contributed by atoms with Gasteiger partial charge in [-0.2, -0.15) is 0 Å². The Balaban J connectivity index is 1.45. The second-order valence-electron chi connectivity index (χ2n) is 6.50. The monoisotopic (exact) mass is 381 g/mol. The van der Waals surface area contributed by atoms with Gasteiger partial charge < -0.3 is 9.88 Å². The van der Waals surface area contributed by atoms with E-state index < -0.39 is 0 Å². The van der Waals surface area contributed by atoms with Gasteiger partial charge in [0.1, 0.15) is 10.1 Å². The Kier molecular flexibility index (Phi) is 4.78. The van der Waals surface area contributed by atoms with Crippen LogP contribution in [0.3, 0.4) is 0 Å². The molecule has 4 nitrogen and oxygen atoms in total. The Morgan fingerprint density at radius 2 is 2.08 bits per heavy atom. The van der Waals surface area contributed by atoms with Gasteiger partial charge in [0.25, 0.3) is 5.56 Å². The molecule has 0 bridgehead atoms. The molecule has 2 aromatic carbocycles. The van der Waals surface area contributed by atoms with E-state index in [0.717, 1.165) is 40.7 Å². The minimum absolute atomic E-state index is 0.0884. The zero-order valence-corrected chi connectivity index (χ0v) is 16.1. The van der Waals surface area contributed by atoms with Gasteiger partial charge in [-0.25, -0.2) is 4.98 Å². The van der Waals surface area contributed by atoms with Gasteiger partial charge in [0, 0.05) is 18.8 Å². The van der Waals surface area contributed by atoms with Gasteiger partial charge in [-0.05, 0) is 42.2 Å². The smallest absolute Gasteiger partial charge is 0.258 e. The van der Waals surface area contributed by atoms with E-state index in [-0.39, 0.29) is 5.56 Å². The molecule has 6 heteroatoms. The normalized spacial score (nSPS) is 13.7. The zero-order chi connectivity index (χ0) is 18.1. The number of nitrogens with one attached hydrogen (secondary N) is 1. The number of hydrogen-bond donors (Lipinski definition) is 1. The minimum Gasteiger partial charge on any atom is -0.353 e. The summed E-state index contributed by atoms with van der Waals surface area (Å²) in [6.07, 6.45) is 1.03. The highest BCUT2D eigenvalue weighted by atomic mass is 32.2. The Hall–Kier alpha value is -2.18. The number of thiocarbonyl (C=S) groups is 1. The van der Waals surface area contributed by atoms with Gasteiger partial charge in [-0.3, -0.25) is 4.79 Å². The fourth-order valence-electron chi connectivity index (χ4n) is 3.28. The van der Waals surface area contributed by atoms with E-state index in [1.165, 1.54) is 11.1 Å². The first-order valence-corrected chi connectivity index (χ1v) is 9.97. The number of H-pyrrole nitrogens is 1. The van der Waals surface area contributed by atoms with Gasteiger partial charge in [-0.1, -0.05) is 54.3 Å². The molecular formula is C20H19N3OS2. The maximum Gasteiger partial charge on any atom is 0.258 e. The zero-order valence-electron chi connectivity index (χ0n) is 14.5. The van der Waals surface area contributed by atoms with Crippen LogP contribution in [0, 0.1) is 6.92 Å². The van der Waals surface area contributed by atoms with Crippen molar-refractivity contribution in [3.63, 3.8) is 0 Å². The first-order chi connectivity index (χ1) is 12.6. The third kappa shape index (κ3) is 3.52. The van der Waals surface area contributed by atoms with Crippen LogP contribution < -0.4 is 5.56 Å². The number of thioether (sulfide) groups is 1. The van der Waals surface area contributed by atoms with Gasteiger partial charge in [-0.15, -0.1) is 0 Å². The molecule has 0 unspecified atom stereocenters. The Morgan fingerprint density at radius 3 is 2.92 bits per heavy atom. The molecule has 0 fully saturated rings. The third-order valence-corrected chi connectivity index (χ3v) is 6.23. The lowest BCUT2D eigenvalue weighted by molar-refractivity contribution is 0.407. The number of aromatic nitrogens is 2. The molecule has 0 saturated carbocycles. The van der Waals surface area contributed by atoms with Crippen LogP contribution in [0.1, 0.15) is 22.5 Å². The average Bonchev–Trinajstić information content (AvgIpc) is 2.65. The van der Waals surface area contributed by atoms with Crippen LogP contribution in [0.4, 0.5) is 0 Å². The van der Waals surface area contributed by atoms with Gasteiger partial charge in [0.05, 0.1) is 10.9 Å². The summed E-state index contributed by atoms with van der Waals surface area (Å²) in [5.41, 5.74) is 4.51. The van der Waals surface area contributed by atoms with Crippen molar-refractivity contribution >= 4 is 39.2 Å². The van der Waals surface area contributed by atoms with E-state index in [2.05, 4.69) is 39.1 Å². The number of fused-ring (bicyclic) bond motifs is 2. The lowest BCUT2D eigenvalue weighted by Gasteiger charge is -2.30. The van der Waals surface area contributed by atoms with Crippen LogP contribution in [0.5, 0.6) is 0 Å². The molecular weight excluding hydrogens is 362 g/mol. The van der Waals surface area contributed by atoms with Gasteiger partial charge in [0.2, 0.25) is 0 Å².